The quantitative estimate of drug-likeness (QED) is 0.838. The zero-order valence-electron chi connectivity index (χ0n) is 10.7. The van der Waals surface area contributed by atoms with Crippen molar-refractivity contribution in [1.82, 2.24) is 5.32 Å². The molecule has 5 nitrogen and oxygen atoms in total. The van der Waals surface area contributed by atoms with Gasteiger partial charge >= 0.3 is 0 Å². The molecule has 0 saturated carbocycles. The molecule has 1 fully saturated rings. The summed E-state index contributed by atoms with van der Waals surface area (Å²) in [7, 11) is 0. The number of benzene rings is 1. The van der Waals surface area contributed by atoms with Crippen LogP contribution in [0, 0.1) is 24.2 Å². The molecule has 19 heavy (non-hydrogen) atoms. The highest BCUT2D eigenvalue weighted by Gasteiger charge is 2.24. The number of aryl methyl sites for hydroxylation is 1. The van der Waals surface area contributed by atoms with Crippen molar-refractivity contribution in [3.63, 3.8) is 0 Å². The van der Waals surface area contributed by atoms with Gasteiger partial charge in [0.15, 0.2) is 0 Å². The standard InChI is InChI=1S/C14H15N3O2/c1-9-2-3-10(7-15)6-12(9)17-14(19)11-4-5-13(18)16-8-11/h2-3,6,11H,4-5,8H2,1H3,(H,16,18)(H,17,19). The topological polar surface area (TPSA) is 82.0 Å². The second-order valence-corrected chi connectivity index (χ2v) is 4.67. The number of nitrogens with zero attached hydrogens (tertiary/aromatic N) is 1. The van der Waals surface area contributed by atoms with Crippen LogP contribution in [-0.2, 0) is 9.59 Å². The Morgan fingerprint density at radius 1 is 1.53 bits per heavy atom. The number of carbonyl (C=O) groups excluding carboxylic acids is 2. The van der Waals surface area contributed by atoms with Gasteiger partial charge in [-0.05, 0) is 31.0 Å². The molecule has 98 valence electrons. The Morgan fingerprint density at radius 2 is 2.32 bits per heavy atom. The predicted octanol–water partition coefficient (Wildman–Crippen LogP) is 1.33. The van der Waals surface area contributed by atoms with Gasteiger partial charge < -0.3 is 10.6 Å². The summed E-state index contributed by atoms with van der Waals surface area (Å²) in [6.45, 7) is 2.25. The smallest absolute Gasteiger partial charge is 0.229 e. The molecule has 0 aliphatic carbocycles. The van der Waals surface area contributed by atoms with Crippen LogP contribution in [0.15, 0.2) is 18.2 Å². The molecule has 1 heterocycles. The zero-order valence-corrected chi connectivity index (χ0v) is 10.7. The molecule has 1 saturated heterocycles. The summed E-state index contributed by atoms with van der Waals surface area (Å²) in [5.74, 6) is -0.326. The summed E-state index contributed by atoms with van der Waals surface area (Å²) in [6.07, 6.45) is 0.948. The SMILES string of the molecule is Cc1ccc(C#N)cc1NC(=O)C1CCC(=O)NC1. The fourth-order valence-corrected chi connectivity index (χ4v) is 2.02. The highest BCUT2D eigenvalue weighted by Crippen LogP contribution is 2.19. The summed E-state index contributed by atoms with van der Waals surface area (Å²) in [5, 5.41) is 14.4. The number of anilines is 1. The molecule has 2 amide bonds. The Hall–Kier alpha value is -2.35. The summed E-state index contributed by atoms with van der Waals surface area (Å²) >= 11 is 0. The van der Waals surface area contributed by atoms with Gasteiger partial charge in [-0.2, -0.15) is 5.26 Å². The highest BCUT2D eigenvalue weighted by molar-refractivity contribution is 5.94. The first-order valence-corrected chi connectivity index (χ1v) is 6.18. The predicted molar refractivity (Wildman–Crippen MR) is 70.3 cm³/mol. The minimum absolute atomic E-state index is 0.00768. The van der Waals surface area contributed by atoms with Gasteiger partial charge in [0.25, 0.3) is 0 Å². The second kappa shape index (κ2) is 5.53. The first kappa shape index (κ1) is 13.1. The van der Waals surface area contributed by atoms with Crippen molar-refractivity contribution in [3.05, 3.63) is 29.3 Å². The van der Waals surface area contributed by atoms with Gasteiger partial charge in [-0.15, -0.1) is 0 Å². The van der Waals surface area contributed by atoms with Gasteiger partial charge in [0.1, 0.15) is 0 Å². The van der Waals surface area contributed by atoms with E-state index < -0.39 is 0 Å². The number of amides is 2. The van der Waals surface area contributed by atoms with Crippen molar-refractivity contribution in [1.29, 1.82) is 5.26 Å². The van der Waals surface area contributed by atoms with Crippen LogP contribution in [0.25, 0.3) is 0 Å². The van der Waals surface area contributed by atoms with Crippen LogP contribution in [0.2, 0.25) is 0 Å². The van der Waals surface area contributed by atoms with Gasteiger partial charge in [0, 0.05) is 18.7 Å². The van der Waals surface area contributed by atoms with E-state index >= 15 is 0 Å². The fraction of sp³-hybridized carbons (Fsp3) is 0.357. The lowest BCUT2D eigenvalue weighted by Crippen LogP contribution is -2.40. The van der Waals surface area contributed by atoms with Gasteiger partial charge in [-0.25, -0.2) is 0 Å². The van der Waals surface area contributed by atoms with Crippen LogP contribution in [0.1, 0.15) is 24.0 Å². The second-order valence-electron chi connectivity index (χ2n) is 4.67. The van der Waals surface area contributed by atoms with Crippen LogP contribution in [0.4, 0.5) is 5.69 Å². The van der Waals surface area contributed by atoms with Crippen LogP contribution in [0.5, 0.6) is 0 Å². The third kappa shape index (κ3) is 3.10. The Morgan fingerprint density at radius 3 is 2.95 bits per heavy atom. The molecule has 1 aliphatic heterocycles. The lowest BCUT2D eigenvalue weighted by molar-refractivity contribution is -0.126. The van der Waals surface area contributed by atoms with E-state index in [4.69, 9.17) is 5.26 Å². The lowest BCUT2D eigenvalue weighted by Gasteiger charge is -2.22. The normalized spacial score (nSPS) is 18.3. The molecule has 2 rings (SSSR count). The molecule has 5 heteroatoms. The third-order valence-corrected chi connectivity index (χ3v) is 3.26. The molecule has 0 radical (unpaired) electrons. The van der Waals surface area contributed by atoms with E-state index in [0.717, 1.165) is 5.56 Å². The average molecular weight is 257 g/mol. The molecule has 1 aromatic carbocycles. The monoisotopic (exact) mass is 257 g/mol. The van der Waals surface area contributed by atoms with Gasteiger partial charge in [-0.3, -0.25) is 9.59 Å². The van der Waals surface area contributed by atoms with E-state index in [0.29, 0.717) is 30.6 Å². The molecule has 0 aromatic heterocycles. The van der Waals surface area contributed by atoms with Crippen molar-refractivity contribution < 1.29 is 9.59 Å². The maximum absolute atomic E-state index is 12.1. The molecule has 0 bridgehead atoms. The van der Waals surface area contributed by atoms with Crippen molar-refractivity contribution >= 4 is 17.5 Å². The number of piperidine rings is 1. The molecule has 1 unspecified atom stereocenters. The van der Waals surface area contributed by atoms with Gasteiger partial charge in [-0.1, -0.05) is 6.07 Å². The third-order valence-electron chi connectivity index (χ3n) is 3.26. The number of nitriles is 1. The van der Waals surface area contributed by atoms with Crippen LogP contribution >= 0.6 is 0 Å². The van der Waals surface area contributed by atoms with Gasteiger partial charge in [0.05, 0.1) is 17.6 Å². The minimum Gasteiger partial charge on any atom is -0.355 e. The number of hydrogen-bond donors (Lipinski definition) is 2. The number of hydrogen-bond acceptors (Lipinski definition) is 3. The largest absolute Gasteiger partial charge is 0.355 e. The van der Waals surface area contributed by atoms with E-state index in [2.05, 4.69) is 10.6 Å². The van der Waals surface area contributed by atoms with Crippen molar-refractivity contribution in [3.8, 4) is 6.07 Å². The zero-order chi connectivity index (χ0) is 13.8. The Labute approximate surface area is 111 Å². The maximum Gasteiger partial charge on any atom is 0.229 e. The first-order chi connectivity index (χ1) is 9.10. The Bertz CT molecular complexity index is 550. The molecule has 1 atom stereocenters. The van der Waals surface area contributed by atoms with Crippen molar-refractivity contribution in [2.24, 2.45) is 5.92 Å². The Kier molecular flexibility index (Phi) is 3.81. The number of carbonyl (C=O) groups is 2. The highest BCUT2D eigenvalue weighted by atomic mass is 16.2. The average Bonchev–Trinajstić information content (AvgIpc) is 2.42. The van der Waals surface area contributed by atoms with Crippen molar-refractivity contribution in [2.45, 2.75) is 19.8 Å². The van der Waals surface area contributed by atoms with E-state index in [-0.39, 0.29) is 17.7 Å². The first-order valence-electron chi connectivity index (χ1n) is 6.18. The Balaban J connectivity index is 2.06. The fourth-order valence-electron chi connectivity index (χ4n) is 2.02. The molecule has 0 spiro atoms. The maximum atomic E-state index is 12.1. The summed E-state index contributed by atoms with van der Waals surface area (Å²) in [5.41, 5.74) is 2.07. The van der Waals surface area contributed by atoms with Crippen molar-refractivity contribution in [2.75, 3.05) is 11.9 Å². The van der Waals surface area contributed by atoms with E-state index in [1.807, 2.05) is 13.0 Å². The molecule has 2 N–H and O–H groups in total. The summed E-state index contributed by atoms with van der Waals surface area (Å²) in [4.78, 5) is 23.1. The van der Waals surface area contributed by atoms with Crippen LogP contribution in [-0.4, -0.2) is 18.4 Å². The minimum atomic E-state index is -0.206. The lowest BCUT2D eigenvalue weighted by atomic mass is 9.98. The van der Waals surface area contributed by atoms with E-state index in [1.165, 1.54) is 0 Å². The molecule has 1 aromatic rings. The molecular formula is C14H15N3O2. The van der Waals surface area contributed by atoms with Crippen LogP contribution < -0.4 is 10.6 Å². The van der Waals surface area contributed by atoms with Gasteiger partial charge in [0.2, 0.25) is 11.8 Å². The summed E-state index contributed by atoms with van der Waals surface area (Å²) in [6, 6.07) is 7.22. The van der Waals surface area contributed by atoms with E-state index in [9.17, 15) is 9.59 Å². The molecule has 1 aliphatic rings. The number of rotatable bonds is 2. The molecular weight excluding hydrogens is 242 g/mol. The van der Waals surface area contributed by atoms with E-state index in [1.54, 1.807) is 18.2 Å². The summed E-state index contributed by atoms with van der Waals surface area (Å²) < 4.78 is 0. The van der Waals surface area contributed by atoms with Crippen LogP contribution in [0.3, 0.4) is 0 Å². The number of nitrogens with one attached hydrogen (secondary N) is 2.